The first-order valence-electron chi connectivity index (χ1n) is 8.61. The van der Waals surface area contributed by atoms with Gasteiger partial charge < -0.3 is 5.32 Å². The van der Waals surface area contributed by atoms with Crippen LogP contribution in [0.2, 0.25) is 10.0 Å². The van der Waals surface area contributed by atoms with Crippen molar-refractivity contribution in [3.05, 3.63) is 69.2 Å². The van der Waals surface area contributed by atoms with E-state index < -0.39 is 0 Å². The van der Waals surface area contributed by atoms with Gasteiger partial charge in [0.15, 0.2) is 0 Å². The van der Waals surface area contributed by atoms with Gasteiger partial charge in [-0.3, -0.25) is 4.79 Å². The molecule has 2 nitrogen and oxygen atoms in total. The highest BCUT2D eigenvalue weighted by molar-refractivity contribution is 6.42. The van der Waals surface area contributed by atoms with Crippen molar-refractivity contribution in [2.24, 2.45) is 5.92 Å². The number of benzene rings is 2. The molecule has 2 aromatic rings. The molecule has 0 bridgehead atoms. The lowest BCUT2D eigenvalue weighted by Gasteiger charge is -2.23. The highest BCUT2D eigenvalue weighted by Gasteiger charge is 2.19. The molecule has 4 heteroatoms. The second-order valence-corrected chi connectivity index (χ2v) is 7.85. The first kappa shape index (κ1) is 19.8. The van der Waals surface area contributed by atoms with Gasteiger partial charge >= 0.3 is 0 Å². The standard InChI is InChI=1S/C21H25Cl2NO/c1-13(2)16-6-8-17(9-7-16)21(14(3)4)24-20(25)12-15-5-10-18(22)19(23)11-15/h5-11,13-14,21H,12H2,1-4H3,(H,24,25)/t21-/m0/s1. The minimum absolute atomic E-state index is 0.0171. The zero-order chi connectivity index (χ0) is 18.6. The molecule has 0 aliphatic heterocycles. The first-order chi connectivity index (χ1) is 11.8. The molecule has 0 fully saturated rings. The third kappa shape index (κ3) is 5.49. The zero-order valence-corrected chi connectivity index (χ0v) is 16.7. The quantitative estimate of drug-likeness (QED) is 0.640. The van der Waals surface area contributed by atoms with E-state index in [1.807, 2.05) is 6.07 Å². The molecule has 2 rings (SSSR count). The van der Waals surface area contributed by atoms with Gasteiger partial charge in [-0.25, -0.2) is 0 Å². The van der Waals surface area contributed by atoms with Crippen molar-refractivity contribution in [1.29, 1.82) is 0 Å². The summed E-state index contributed by atoms with van der Waals surface area (Å²) < 4.78 is 0. The molecule has 0 radical (unpaired) electrons. The summed E-state index contributed by atoms with van der Waals surface area (Å²) in [6.45, 7) is 8.57. The smallest absolute Gasteiger partial charge is 0.224 e. The minimum Gasteiger partial charge on any atom is -0.349 e. The van der Waals surface area contributed by atoms with Gasteiger partial charge in [-0.2, -0.15) is 0 Å². The van der Waals surface area contributed by atoms with Gasteiger partial charge in [-0.1, -0.05) is 81.2 Å². The molecule has 0 heterocycles. The monoisotopic (exact) mass is 377 g/mol. The van der Waals surface area contributed by atoms with Crippen LogP contribution < -0.4 is 5.32 Å². The van der Waals surface area contributed by atoms with Crippen LogP contribution in [-0.4, -0.2) is 5.91 Å². The summed E-state index contributed by atoms with van der Waals surface area (Å²) in [5.41, 5.74) is 3.28. The Morgan fingerprint density at radius 1 is 0.920 bits per heavy atom. The molecule has 0 saturated heterocycles. The number of rotatable bonds is 6. The topological polar surface area (TPSA) is 29.1 Å². The van der Waals surface area contributed by atoms with Crippen LogP contribution in [0, 0.1) is 5.92 Å². The fourth-order valence-corrected chi connectivity index (χ4v) is 3.10. The van der Waals surface area contributed by atoms with Gasteiger partial charge in [0.2, 0.25) is 5.91 Å². The van der Waals surface area contributed by atoms with E-state index in [2.05, 4.69) is 57.3 Å². The number of carbonyl (C=O) groups is 1. The summed E-state index contributed by atoms with van der Waals surface area (Å²) in [5, 5.41) is 4.11. The molecule has 0 aliphatic carbocycles. The molecule has 0 aliphatic rings. The van der Waals surface area contributed by atoms with Crippen molar-refractivity contribution < 1.29 is 4.79 Å². The Morgan fingerprint density at radius 2 is 1.52 bits per heavy atom. The summed E-state index contributed by atoms with van der Waals surface area (Å²) in [6, 6.07) is 13.8. The van der Waals surface area contributed by atoms with Crippen molar-refractivity contribution >= 4 is 29.1 Å². The van der Waals surface area contributed by atoms with E-state index in [0.717, 1.165) is 11.1 Å². The maximum absolute atomic E-state index is 12.5. The largest absolute Gasteiger partial charge is 0.349 e. The van der Waals surface area contributed by atoms with E-state index in [-0.39, 0.29) is 18.4 Å². The molecular formula is C21H25Cl2NO. The van der Waals surface area contributed by atoms with Crippen LogP contribution in [-0.2, 0) is 11.2 Å². The number of nitrogens with one attached hydrogen (secondary N) is 1. The van der Waals surface area contributed by atoms with Crippen LogP contribution in [0.25, 0.3) is 0 Å². The van der Waals surface area contributed by atoms with Crippen LogP contribution in [0.5, 0.6) is 0 Å². The SMILES string of the molecule is CC(C)c1ccc([C@@H](NC(=O)Cc2ccc(Cl)c(Cl)c2)C(C)C)cc1. The lowest BCUT2D eigenvalue weighted by molar-refractivity contribution is -0.121. The minimum atomic E-state index is -0.0231. The average molecular weight is 378 g/mol. The predicted molar refractivity (Wildman–Crippen MR) is 106 cm³/mol. The highest BCUT2D eigenvalue weighted by Crippen LogP contribution is 2.25. The Morgan fingerprint density at radius 3 is 2.04 bits per heavy atom. The summed E-state index contributed by atoms with van der Waals surface area (Å²) in [4.78, 5) is 12.5. The summed E-state index contributed by atoms with van der Waals surface area (Å²) in [5.74, 6) is 0.767. The van der Waals surface area contributed by atoms with Crippen molar-refractivity contribution in [2.45, 2.75) is 46.1 Å². The molecule has 2 aromatic carbocycles. The lowest BCUT2D eigenvalue weighted by Crippen LogP contribution is -2.32. The van der Waals surface area contributed by atoms with E-state index in [4.69, 9.17) is 23.2 Å². The molecule has 134 valence electrons. The number of carbonyl (C=O) groups excluding carboxylic acids is 1. The van der Waals surface area contributed by atoms with Crippen LogP contribution >= 0.6 is 23.2 Å². The number of amides is 1. The Hall–Kier alpha value is -1.51. The number of hydrogen-bond acceptors (Lipinski definition) is 1. The summed E-state index contributed by atoms with van der Waals surface area (Å²) >= 11 is 12.0. The lowest BCUT2D eigenvalue weighted by atomic mass is 9.93. The van der Waals surface area contributed by atoms with Gasteiger partial charge in [0.25, 0.3) is 0 Å². The fraction of sp³-hybridized carbons (Fsp3) is 0.381. The molecule has 0 aromatic heterocycles. The van der Waals surface area contributed by atoms with Crippen molar-refractivity contribution in [2.75, 3.05) is 0 Å². The number of halogens is 2. The van der Waals surface area contributed by atoms with Gasteiger partial charge in [-0.15, -0.1) is 0 Å². The highest BCUT2D eigenvalue weighted by atomic mass is 35.5. The molecule has 0 spiro atoms. The average Bonchev–Trinajstić information content (AvgIpc) is 2.56. The number of hydrogen-bond donors (Lipinski definition) is 1. The fourth-order valence-electron chi connectivity index (χ4n) is 2.78. The molecule has 0 saturated carbocycles. The second-order valence-electron chi connectivity index (χ2n) is 7.04. The Kier molecular flexibility index (Phi) is 6.92. The van der Waals surface area contributed by atoms with Crippen molar-refractivity contribution in [1.82, 2.24) is 5.32 Å². The molecule has 1 amide bonds. The van der Waals surface area contributed by atoms with Gasteiger partial charge in [-0.05, 0) is 40.7 Å². The summed E-state index contributed by atoms with van der Waals surface area (Å²) in [7, 11) is 0. The van der Waals surface area contributed by atoms with Crippen LogP contribution in [0.15, 0.2) is 42.5 Å². The normalized spacial score (nSPS) is 12.5. The third-order valence-electron chi connectivity index (χ3n) is 4.29. The van der Waals surface area contributed by atoms with Gasteiger partial charge in [0, 0.05) is 0 Å². The zero-order valence-electron chi connectivity index (χ0n) is 15.1. The van der Waals surface area contributed by atoms with Crippen LogP contribution in [0.3, 0.4) is 0 Å². The second kappa shape index (κ2) is 8.73. The van der Waals surface area contributed by atoms with E-state index in [9.17, 15) is 4.79 Å². The Bertz CT molecular complexity index is 723. The van der Waals surface area contributed by atoms with Gasteiger partial charge in [0.05, 0.1) is 22.5 Å². The summed E-state index contributed by atoms with van der Waals surface area (Å²) in [6.07, 6.45) is 0.282. The molecule has 25 heavy (non-hydrogen) atoms. The molecule has 1 atom stereocenters. The maximum Gasteiger partial charge on any atom is 0.224 e. The van der Waals surface area contributed by atoms with Crippen molar-refractivity contribution in [3.8, 4) is 0 Å². The van der Waals surface area contributed by atoms with E-state index in [1.165, 1.54) is 5.56 Å². The van der Waals surface area contributed by atoms with Crippen LogP contribution in [0.1, 0.15) is 56.3 Å². The van der Waals surface area contributed by atoms with Gasteiger partial charge in [0.1, 0.15) is 0 Å². The van der Waals surface area contributed by atoms with E-state index in [1.54, 1.807) is 12.1 Å². The molecule has 0 unspecified atom stereocenters. The Balaban J connectivity index is 2.09. The molecule has 1 N–H and O–H groups in total. The predicted octanol–water partition coefficient (Wildman–Crippen LogP) is 6.17. The maximum atomic E-state index is 12.5. The van der Waals surface area contributed by atoms with E-state index in [0.29, 0.717) is 21.9 Å². The Labute approximate surface area is 160 Å². The van der Waals surface area contributed by atoms with E-state index >= 15 is 0 Å². The third-order valence-corrected chi connectivity index (χ3v) is 5.03. The first-order valence-corrected chi connectivity index (χ1v) is 9.36. The van der Waals surface area contributed by atoms with Crippen LogP contribution in [0.4, 0.5) is 0 Å². The van der Waals surface area contributed by atoms with Crippen molar-refractivity contribution in [3.63, 3.8) is 0 Å². The molecular weight excluding hydrogens is 353 g/mol.